The monoisotopic (exact) mass is 380 g/mol. The van der Waals surface area contributed by atoms with Crippen LogP contribution < -0.4 is 5.56 Å². The first kappa shape index (κ1) is 17.1. The lowest BCUT2D eigenvalue weighted by Gasteiger charge is -2.11. The Morgan fingerprint density at radius 3 is 2.52 bits per heavy atom. The van der Waals surface area contributed by atoms with Crippen LogP contribution in [0.15, 0.2) is 88.6 Å². The van der Waals surface area contributed by atoms with Gasteiger partial charge in [0.2, 0.25) is 5.82 Å². The highest BCUT2D eigenvalue weighted by atomic mass is 16.5. The van der Waals surface area contributed by atoms with Gasteiger partial charge in [0.15, 0.2) is 0 Å². The van der Waals surface area contributed by atoms with Crippen LogP contribution in [0.3, 0.4) is 0 Å². The summed E-state index contributed by atoms with van der Waals surface area (Å²) in [5.41, 5.74) is 3.28. The van der Waals surface area contributed by atoms with E-state index in [2.05, 4.69) is 15.1 Å². The first-order valence-corrected chi connectivity index (χ1v) is 9.16. The number of hydrogen-bond donors (Lipinski definition) is 0. The van der Waals surface area contributed by atoms with Crippen LogP contribution in [0.4, 0.5) is 0 Å². The maximum Gasteiger partial charge on any atom is 0.262 e. The minimum atomic E-state index is -0.0937. The molecule has 140 valence electrons. The highest BCUT2D eigenvalue weighted by Gasteiger charge is 2.17. The average molecular weight is 380 g/mol. The molecule has 0 fully saturated rings. The topological polar surface area (TPSA) is 73.8 Å². The average Bonchev–Trinajstić information content (AvgIpc) is 3.25. The molecule has 5 rings (SSSR count). The largest absolute Gasteiger partial charge is 0.334 e. The third-order valence-electron chi connectivity index (χ3n) is 4.80. The summed E-state index contributed by atoms with van der Waals surface area (Å²) in [5, 5.41) is 5.47. The normalized spacial score (nSPS) is 11.1. The molecule has 6 heteroatoms. The van der Waals surface area contributed by atoms with Crippen molar-refractivity contribution in [3.8, 4) is 28.5 Å². The van der Waals surface area contributed by atoms with Crippen LogP contribution in [-0.2, 0) is 0 Å². The van der Waals surface area contributed by atoms with E-state index in [4.69, 9.17) is 4.52 Å². The molecule has 0 amide bonds. The van der Waals surface area contributed by atoms with Crippen LogP contribution in [-0.4, -0.2) is 19.7 Å². The zero-order chi connectivity index (χ0) is 19.8. The molecule has 0 bridgehead atoms. The molecule has 2 aromatic carbocycles. The molecule has 0 aliphatic rings. The van der Waals surface area contributed by atoms with Crippen molar-refractivity contribution in [3.05, 3.63) is 95.2 Å². The van der Waals surface area contributed by atoms with E-state index in [-0.39, 0.29) is 5.56 Å². The first-order chi connectivity index (χ1) is 14.2. The van der Waals surface area contributed by atoms with Crippen molar-refractivity contribution in [2.75, 3.05) is 0 Å². The summed E-state index contributed by atoms with van der Waals surface area (Å²) in [4.78, 5) is 21.7. The van der Waals surface area contributed by atoms with Gasteiger partial charge in [-0.05, 0) is 42.8 Å². The predicted octanol–water partition coefficient (Wildman–Crippen LogP) is 4.41. The van der Waals surface area contributed by atoms with Gasteiger partial charge in [-0.25, -0.2) is 0 Å². The summed E-state index contributed by atoms with van der Waals surface area (Å²) < 4.78 is 7.20. The second kappa shape index (κ2) is 6.83. The Kier molecular flexibility index (Phi) is 4.02. The molecule has 0 unspecified atom stereocenters. The minimum Gasteiger partial charge on any atom is -0.334 e. The summed E-state index contributed by atoms with van der Waals surface area (Å²) in [6, 6.07) is 18.9. The summed E-state index contributed by atoms with van der Waals surface area (Å²) in [5.74, 6) is 0.828. The van der Waals surface area contributed by atoms with Crippen molar-refractivity contribution in [2.45, 2.75) is 6.92 Å². The van der Waals surface area contributed by atoms with Crippen LogP contribution in [0.2, 0.25) is 0 Å². The second-order valence-corrected chi connectivity index (χ2v) is 6.76. The molecule has 0 aliphatic heterocycles. The third kappa shape index (κ3) is 3.00. The molecular weight excluding hydrogens is 364 g/mol. The second-order valence-electron chi connectivity index (χ2n) is 6.76. The number of nitrogens with zero attached hydrogens (tertiary/aromatic N) is 4. The maximum atomic E-state index is 13.1. The third-order valence-corrected chi connectivity index (χ3v) is 4.80. The van der Waals surface area contributed by atoms with Crippen LogP contribution in [0.25, 0.3) is 39.3 Å². The van der Waals surface area contributed by atoms with Crippen molar-refractivity contribution in [3.63, 3.8) is 0 Å². The molecule has 3 heterocycles. The van der Waals surface area contributed by atoms with Crippen LogP contribution in [0.5, 0.6) is 0 Å². The van der Waals surface area contributed by atoms with Crippen molar-refractivity contribution in [1.29, 1.82) is 0 Å². The lowest BCUT2D eigenvalue weighted by molar-refractivity contribution is 0.432. The summed E-state index contributed by atoms with van der Waals surface area (Å²) in [6.45, 7) is 2.00. The van der Waals surface area contributed by atoms with Gasteiger partial charge in [-0.1, -0.05) is 35.5 Å². The maximum absolute atomic E-state index is 13.1. The zero-order valence-corrected chi connectivity index (χ0v) is 15.6. The number of fused-ring (bicyclic) bond motifs is 1. The van der Waals surface area contributed by atoms with Gasteiger partial charge >= 0.3 is 0 Å². The van der Waals surface area contributed by atoms with Gasteiger partial charge in [-0.15, -0.1) is 0 Å². The van der Waals surface area contributed by atoms with E-state index in [1.165, 1.54) is 0 Å². The molecule has 0 N–H and O–H groups in total. The van der Waals surface area contributed by atoms with Crippen LogP contribution in [0.1, 0.15) is 5.56 Å². The van der Waals surface area contributed by atoms with Gasteiger partial charge in [0.05, 0.1) is 5.56 Å². The molecule has 29 heavy (non-hydrogen) atoms. The van der Waals surface area contributed by atoms with E-state index in [9.17, 15) is 4.79 Å². The van der Waals surface area contributed by atoms with Gasteiger partial charge in [-0.3, -0.25) is 14.3 Å². The van der Waals surface area contributed by atoms with E-state index in [1.807, 2.05) is 67.6 Å². The highest BCUT2D eigenvalue weighted by Crippen LogP contribution is 2.28. The minimum absolute atomic E-state index is 0.0937. The van der Waals surface area contributed by atoms with E-state index in [1.54, 1.807) is 23.2 Å². The van der Waals surface area contributed by atoms with E-state index in [0.29, 0.717) is 22.7 Å². The summed E-state index contributed by atoms with van der Waals surface area (Å²) in [6.07, 6.45) is 5.13. The van der Waals surface area contributed by atoms with Crippen molar-refractivity contribution < 1.29 is 4.52 Å². The molecular formula is C23H16N4O2. The Morgan fingerprint density at radius 2 is 1.72 bits per heavy atom. The Morgan fingerprint density at radius 1 is 0.931 bits per heavy atom. The fraction of sp³-hybridized carbons (Fsp3) is 0.0435. The standard InChI is InChI=1S/C23H16N4O2/c1-15-5-4-6-17(13-15)27-14-20(18-7-2-3-8-19(18)23(27)28)22-25-21(26-29-22)16-9-11-24-12-10-16/h2-14H,1H3. The Bertz CT molecular complexity index is 1390. The lowest BCUT2D eigenvalue weighted by atomic mass is 10.1. The predicted molar refractivity (Wildman–Crippen MR) is 111 cm³/mol. The number of rotatable bonds is 3. The van der Waals surface area contributed by atoms with E-state index >= 15 is 0 Å². The van der Waals surface area contributed by atoms with Gasteiger partial charge in [0, 0.05) is 40.6 Å². The molecule has 5 aromatic rings. The highest BCUT2D eigenvalue weighted by molar-refractivity contribution is 5.94. The Labute approximate surface area is 166 Å². The molecule has 3 aromatic heterocycles. The van der Waals surface area contributed by atoms with Crippen molar-refractivity contribution in [1.82, 2.24) is 19.7 Å². The number of hydrogen-bond acceptors (Lipinski definition) is 5. The van der Waals surface area contributed by atoms with Crippen LogP contribution in [0, 0.1) is 6.92 Å². The molecule has 0 saturated carbocycles. The quantitative estimate of drug-likeness (QED) is 0.463. The van der Waals surface area contributed by atoms with E-state index in [0.717, 1.165) is 22.2 Å². The Balaban J connectivity index is 1.75. The first-order valence-electron chi connectivity index (χ1n) is 9.16. The number of benzene rings is 2. The smallest absolute Gasteiger partial charge is 0.262 e. The van der Waals surface area contributed by atoms with Gasteiger partial charge in [0.25, 0.3) is 11.4 Å². The molecule has 0 radical (unpaired) electrons. The van der Waals surface area contributed by atoms with Gasteiger partial charge in [-0.2, -0.15) is 4.98 Å². The van der Waals surface area contributed by atoms with Gasteiger partial charge in [0.1, 0.15) is 0 Å². The molecule has 0 atom stereocenters. The Hall–Kier alpha value is -4.06. The fourth-order valence-corrected chi connectivity index (χ4v) is 3.38. The van der Waals surface area contributed by atoms with Crippen molar-refractivity contribution >= 4 is 10.8 Å². The SMILES string of the molecule is Cc1cccc(-n2cc(-c3nc(-c4ccncc4)no3)c3ccccc3c2=O)c1. The number of aryl methyl sites for hydroxylation is 1. The molecule has 0 spiro atoms. The fourth-order valence-electron chi connectivity index (χ4n) is 3.38. The summed E-state index contributed by atoms with van der Waals surface area (Å²) >= 11 is 0. The molecule has 6 nitrogen and oxygen atoms in total. The lowest BCUT2D eigenvalue weighted by Crippen LogP contribution is -2.18. The van der Waals surface area contributed by atoms with Crippen molar-refractivity contribution in [2.24, 2.45) is 0 Å². The number of pyridine rings is 2. The molecule has 0 saturated heterocycles. The van der Waals surface area contributed by atoms with E-state index < -0.39 is 0 Å². The molecule has 0 aliphatic carbocycles. The van der Waals surface area contributed by atoms with Gasteiger partial charge < -0.3 is 4.52 Å². The van der Waals surface area contributed by atoms with Crippen LogP contribution >= 0.6 is 0 Å². The zero-order valence-electron chi connectivity index (χ0n) is 15.6. The summed E-state index contributed by atoms with van der Waals surface area (Å²) in [7, 11) is 0. The number of aromatic nitrogens is 4.